The van der Waals surface area contributed by atoms with Gasteiger partial charge in [-0.1, -0.05) is 37.3 Å². The summed E-state index contributed by atoms with van der Waals surface area (Å²) in [4.78, 5) is 4.11. The maximum absolute atomic E-state index is 10.7. The highest BCUT2D eigenvalue weighted by molar-refractivity contribution is 7.77. The van der Waals surface area contributed by atoms with Crippen LogP contribution in [0, 0.1) is 11.8 Å². The van der Waals surface area contributed by atoms with Gasteiger partial charge in [0.25, 0.3) is 0 Å². The van der Waals surface area contributed by atoms with Gasteiger partial charge in [0.1, 0.15) is 0 Å². The lowest BCUT2D eigenvalue weighted by Crippen LogP contribution is -2.30. The van der Waals surface area contributed by atoms with Crippen LogP contribution in [0.4, 0.5) is 0 Å². The van der Waals surface area contributed by atoms with Crippen molar-refractivity contribution in [3.05, 3.63) is 57.8 Å². The molecule has 1 aromatic heterocycles. The average Bonchev–Trinajstić information content (AvgIpc) is 3.08. The van der Waals surface area contributed by atoms with Crippen LogP contribution in [0.25, 0.3) is 0 Å². The molecule has 1 aliphatic carbocycles. The number of hydrogen-bond donors (Lipinski definition) is 1. The van der Waals surface area contributed by atoms with Gasteiger partial charge < -0.3 is 9.45 Å². The normalized spacial score (nSPS) is 28.8. The Kier molecular flexibility index (Phi) is 5.30. The SMILES string of the molecule is CC1(c2cccc(CNS(=O)[O-])c2)C2CN(CCCc3cccs3)CC21. The Balaban J connectivity index is 1.31. The van der Waals surface area contributed by atoms with Gasteiger partial charge in [-0.05, 0) is 53.8 Å². The number of likely N-dealkylation sites (tertiary alicyclic amines) is 1. The van der Waals surface area contributed by atoms with Crippen LogP contribution < -0.4 is 4.72 Å². The maximum Gasteiger partial charge on any atom is 0.0322 e. The summed E-state index contributed by atoms with van der Waals surface area (Å²) < 4.78 is 23.9. The van der Waals surface area contributed by atoms with Crippen molar-refractivity contribution in [2.75, 3.05) is 19.6 Å². The smallest absolute Gasteiger partial charge is 0.0322 e. The van der Waals surface area contributed by atoms with E-state index in [4.69, 9.17) is 0 Å². The first-order valence-corrected chi connectivity index (χ1v) is 11.2. The van der Waals surface area contributed by atoms with Crippen molar-refractivity contribution in [3.8, 4) is 0 Å². The Morgan fingerprint density at radius 3 is 2.81 bits per heavy atom. The number of benzene rings is 1. The summed E-state index contributed by atoms with van der Waals surface area (Å²) in [7, 11) is 0. The topological polar surface area (TPSA) is 55.4 Å². The molecule has 0 bridgehead atoms. The maximum atomic E-state index is 10.7. The van der Waals surface area contributed by atoms with Gasteiger partial charge >= 0.3 is 0 Å². The Hall–Kier alpha value is -1.05. The second kappa shape index (κ2) is 7.52. The highest BCUT2D eigenvalue weighted by Gasteiger charge is 2.65. The lowest BCUT2D eigenvalue weighted by atomic mass is 9.91. The lowest BCUT2D eigenvalue weighted by molar-refractivity contribution is 0.274. The fraction of sp³-hybridized carbons (Fsp3) is 0.500. The van der Waals surface area contributed by atoms with Crippen molar-refractivity contribution >= 4 is 22.6 Å². The van der Waals surface area contributed by atoms with Gasteiger partial charge in [0.05, 0.1) is 0 Å². The molecule has 1 N–H and O–H groups in total. The van der Waals surface area contributed by atoms with Crippen molar-refractivity contribution in [1.82, 2.24) is 9.62 Å². The van der Waals surface area contributed by atoms with Gasteiger partial charge in [0.2, 0.25) is 0 Å². The molecule has 2 heterocycles. The molecule has 4 nitrogen and oxygen atoms in total. The summed E-state index contributed by atoms with van der Waals surface area (Å²) in [5.74, 6) is 1.47. The predicted octanol–water partition coefficient (Wildman–Crippen LogP) is 3.08. The molecule has 1 aromatic carbocycles. The van der Waals surface area contributed by atoms with Crippen LogP contribution in [0.15, 0.2) is 41.8 Å². The average molecular weight is 390 g/mol. The summed E-state index contributed by atoms with van der Waals surface area (Å²) >= 11 is -0.352. The predicted molar refractivity (Wildman–Crippen MR) is 106 cm³/mol. The van der Waals surface area contributed by atoms with E-state index in [1.165, 1.54) is 42.9 Å². The third kappa shape index (κ3) is 3.66. The second-order valence-electron chi connectivity index (χ2n) is 7.69. The van der Waals surface area contributed by atoms with Gasteiger partial charge in [-0.25, -0.2) is 4.72 Å². The molecule has 1 saturated heterocycles. The zero-order valence-electron chi connectivity index (χ0n) is 15.0. The first kappa shape index (κ1) is 18.3. The van der Waals surface area contributed by atoms with Crippen molar-refractivity contribution in [3.63, 3.8) is 0 Å². The van der Waals surface area contributed by atoms with E-state index < -0.39 is 11.3 Å². The standard InChI is InChI=1S/C20H26N2O2S2/c1-20(16-6-2-5-15(11-16)12-21-26(23)24)18-13-22(14-19(18)20)9-3-7-17-8-4-10-25-17/h2,4-6,8,10-11,18-19,21H,3,7,9,12-14H2,1H3,(H,23,24)/p-1. The van der Waals surface area contributed by atoms with Crippen LogP contribution in [0.2, 0.25) is 0 Å². The van der Waals surface area contributed by atoms with E-state index in [1.807, 2.05) is 17.4 Å². The molecule has 2 aliphatic rings. The Morgan fingerprint density at radius 2 is 2.12 bits per heavy atom. The molecule has 3 atom stereocenters. The van der Waals surface area contributed by atoms with E-state index in [9.17, 15) is 8.76 Å². The van der Waals surface area contributed by atoms with E-state index in [-0.39, 0.29) is 5.41 Å². The Labute approximate surface area is 162 Å². The summed E-state index contributed by atoms with van der Waals surface area (Å²) in [6.45, 7) is 6.32. The van der Waals surface area contributed by atoms with E-state index in [0.717, 1.165) is 17.4 Å². The number of hydrogen-bond acceptors (Lipinski definition) is 4. The van der Waals surface area contributed by atoms with E-state index in [0.29, 0.717) is 6.54 Å². The highest BCUT2D eigenvalue weighted by Crippen LogP contribution is 2.63. The molecule has 0 amide bonds. The van der Waals surface area contributed by atoms with Crippen LogP contribution in [-0.2, 0) is 29.6 Å². The quantitative estimate of drug-likeness (QED) is 0.706. The zero-order chi connectivity index (χ0) is 18.1. The van der Waals surface area contributed by atoms with E-state index in [2.05, 4.69) is 52.3 Å². The Morgan fingerprint density at radius 1 is 1.31 bits per heavy atom. The minimum atomic E-state index is -2.21. The van der Waals surface area contributed by atoms with Crippen molar-refractivity contribution in [2.24, 2.45) is 11.8 Å². The van der Waals surface area contributed by atoms with Crippen LogP contribution in [0.5, 0.6) is 0 Å². The molecule has 140 valence electrons. The van der Waals surface area contributed by atoms with Crippen LogP contribution in [0.1, 0.15) is 29.3 Å². The third-order valence-corrected chi connectivity index (χ3v) is 7.56. The van der Waals surface area contributed by atoms with Crippen LogP contribution in [0.3, 0.4) is 0 Å². The second-order valence-corrected chi connectivity index (χ2v) is 9.48. The molecule has 1 saturated carbocycles. The van der Waals surface area contributed by atoms with Gasteiger partial charge in [-0.15, -0.1) is 11.3 Å². The lowest BCUT2D eigenvalue weighted by Gasteiger charge is -2.24. The monoisotopic (exact) mass is 389 g/mol. The van der Waals surface area contributed by atoms with E-state index in [1.54, 1.807) is 0 Å². The third-order valence-electron chi connectivity index (χ3n) is 6.25. The molecule has 6 heteroatoms. The molecule has 1 aliphatic heterocycles. The first-order chi connectivity index (χ1) is 12.6. The number of thiophene rings is 1. The highest BCUT2D eigenvalue weighted by atomic mass is 32.2. The number of rotatable bonds is 8. The number of piperidine rings is 1. The summed E-state index contributed by atoms with van der Waals surface area (Å²) in [6, 6.07) is 12.8. The number of nitrogens with one attached hydrogen (secondary N) is 1. The van der Waals surface area contributed by atoms with Gasteiger partial charge in [-0.2, -0.15) is 0 Å². The molecule has 0 spiro atoms. The largest absolute Gasteiger partial charge is 0.760 e. The summed E-state index contributed by atoms with van der Waals surface area (Å²) in [5, 5.41) is 2.16. The van der Waals surface area contributed by atoms with Crippen molar-refractivity contribution in [1.29, 1.82) is 0 Å². The zero-order valence-corrected chi connectivity index (χ0v) is 16.7. The van der Waals surface area contributed by atoms with Crippen molar-refractivity contribution in [2.45, 2.75) is 31.7 Å². The van der Waals surface area contributed by atoms with E-state index >= 15 is 0 Å². The van der Waals surface area contributed by atoms with Crippen LogP contribution in [-0.4, -0.2) is 33.3 Å². The molecule has 26 heavy (non-hydrogen) atoms. The minimum absolute atomic E-state index is 0.261. The molecule has 2 fully saturated rings. The van der Waals surface area contributed by atoms with Gasteiger partial charge in [0, 0.05) is 41.2 Å². The van der Waals surface area contributed by atoms with Crippen LogP contribution >= 0.6 is 11.3 Å². The summed E-state index contributed by atoms with van der Waals surface area (Å²) in [5.41, 5.74) is 2.66. The van der Waals surface area contributed by atoms with Crippen molar-refractivity contribution < 1.29 is 8.76 Å². The number of aryl methyl sites for hydroxylation is 1. The molecule has 2 aromatic rings. The fourth-order valence-corrected chi connectivity index (χ4v) is 5.70. The minimum Gasteiger partial charge on any atom is -0.760 e. The molecule has 0 radical (unpaired) electrons. The molecule has 4 rings (SSSR count). The summed E-state index contributed by atoms with van der Waals surface area (Å²) in [6.07, 6.45) is 2.43. The number of nitrogens with zero attached hydrogens (tertiary/aromatic N) is 1. The fourth-order valence-electron chi connectivity index (χ4n) is 4.66. The number of fused-ring (bicyclic) bond motifs is 1. The van der Waals surface area contributed by atoms with Gasteiger partial charge in [0.15, 0.2) is 0 Å². The molecular formula is C20H25N2O2S2-. The molecular weight excluding hydrogens is 364 g/mol. The first-order valence-electron chi connectivity index (χ1n) is 9.24. The molecule has 3 unspecified atom stereocenters. The Bertz CT molecular complexity index is 766. The van der Waals surface area contributed by atoms with Gasteiger partial charge in [-0.3, -0.25) is 4.21 Å².